The second-order valence-electron chi connectivity index (χ2n) is 5.92. The van der Waals surface area contributed by atoms with Gasteiger partial charge < -0.3 is 5.73 Å². The first kappa shape index (κ1) is 19.2. The Balaban J connectivity index is 0.00000242. The van der Waals surface area contributed by atoms with Gasteiger partial charge in [0.1, 0.15) is 17.5 Å². The molecule has 1 aromatic carbocycles. The number of hydrogen-bond acceptors (Lipinski definition) is 3. The number of halogens is 4. The van der Waals surface area contributed by atoms with Crippen LogP contribution in [0, 0.1) is 22.9 Å². The Morgan fingerprint density at radius 2 is 1.73 bits per heavy atom. The summed E-state index contributed by atoms with van der Waals surface area (Å²) in [6, 6.07) is 0.514. The number of hydrogen-bond donors (Lipinski definition) is 1. The molecule has 4 nitrogen and oxygen atoms in total. The second kappa shape index (κ2) is 6.35. The summed E-state index contributed by atoms with van der Waals surface area (Å²) in [4.78, 5) is -1.12. The molecule has 126 valence electrons. The standard InChI is InChI=1S/C13H17F3N2O2S.ClH/c1-13(2)7-18(4-3-11(13)17)21(19,20)12-9(15)5-8(14)6-10(12)16;/h5-6,11H,3-4,7,17H2,1-2H3;1H. The minimum atomic E-state index is -4.37. The molecule has 0 amide bonds. The molecule has 1 unspecified atom stereocenters. The maximum Gasteiger partial charge on any atom is 0.248 e. The van der Waals surface area contributed by atoms with Crippen LogP contribution in [0.15, 0.2) is 17.0 Å². The zero-order chi connectivity index (χ0) is 16.0. The summed E-state index contributed by atoms with van der Waals surface area (Å²) >= 11 is 0. The molecule has 0 bridgehead atoms. The van der Waals surface area contributed by atoms with E-state index in [1.54, 1.807) is 13.8 Å². The van der Waals surface area contributed by atoms with Crippen molar-refractivity contribution in [3.8, 4) is 0 Å². The van der Waals surface area contributed by atoms with Crippen molar-refractivity contribution in [2.45, 2.75) is 31.2 Å². The van der Waals surface area contributed by atoms with E-state index in [2.05, 4.69) is 0 Å². The maximum absolute atomic E-state index is 13.7. The van der Waals surface area contributed by atoms with E-state index in [0.29, 0.717) is 18.6 Å². The van der Waals surface area contributed by atoms with Crippen LogP contribution in [0.3, 0.4) is 0 Å². The third kappa shape index (κ3) is 3.40. The fourth-order valence-electron chi connectivity index (χ4n) is 2.43. The molecule has 1 saturated heterocycles. The predicted molar refractivity (Wildman–Crippen MR) is 78.7 cm³/mol. The van der Waals surface area contributed by atoms with Crippen LogP contribution in [0.2, 0.25) is 0 Å². The van der Waals surface area contributed by atoms with E-state index in [9.17, 15) is 21.6 Å². The van der Waals surface area contributed by atoms with Gasteiger partial charge in [0.2, 0.25) is 10.0 Å². The first-order valence-electron chi connectivity index (χ1n) is 6.46. The molecule has 1 atom stereocenters. The van der Waals surface area contributed by atoms with E-state index in [0.717, 1.165) is 4.31 Å². The van der Waals surface area contributed by atoms with Crippen molar-refractivity contribution in [2.24, 2.45) is 11.1 Å². The normalized spacial score (nSPS) is 22.2. The lowest BCUT2D eigenvalue weighted by atomic mass is 9.81. The van der Waals surface area contributed by atoms with Gasteiger partial charge in [-0.05, 0) is 11.8 Å². The lowest BCUT2D eigenvalue weighted by molar-refractivity contribution is 0.155. The fourth-order valence-corrected chi connectivity index (χ4v) is 4.15. The third-order valence-corrected chi connectivity index (χ3v) is 5.74. The molecular formula is C13H18ClF3N2O2S. The maximum atomic E-state index is 13.7. The number of sulfonamides is 1. The predicted octanol–water partition coefficient (Wildman–Crippen LogP) is 2.27. The molecule has 1 heterocycles. The molecule has 1 aliphatic heterocycles. The molecule has 0 saturated carbocycles. The van der Waals surface area contributed by atoms with Crippen molar-refractivity contribution in [1.29, 1.82) is 0 Å². The van der Waals surface area contributed by atoms with Gasteiger partial charge in [0, 0.05) is 31.3 Å². The first-order valence-corrected chi connectivity index (χ1v) is 7.90. The molecule has 22 heavy (non-hydrogen) atoms. The summed E-state index contributed by atoms with van der Waals surface area (Å²) in [6.45, 7) is 3.70. The zero-order valence-corrected chi connectivity index (χ0v) is 13.8. The summed E-state index contributed by atoms with van der Waals surface area (Å²) < 4.78 is 66.2. The van der Waals surface area contributed by atoms with Crippen LogP contribution in [0.1, 0.15) is 20.3 Å². The molecule has 9 heteroatoms. The van der Waals surface area contributed by atoms with Crippen molar-refractivity contribution in [3.63, 3.8) is 0 Å². The Morgan fingerprint density at radius 3 is 2.18 bits per heavy atom. The number of rotatable bonds is 2. The molecule has 1 aromatic rings. The summed E-state index contributed by atoms with van der Waals surface area (Å²) in [6.07, 6.45) is 0.386. The Kier molecular flexibility index (Phi) is 5.55. The summed E-state index contributed by atoms with van der Waals surface area (Å²) in [5.41, 5.74) is 5.40. The van der Waals surface area contributed by atoms with Crippen LogP contribution in [0.5, 0.6) is 0 Å². The quantitative estimate of drug-likeness (QED) is 0.882. The van der Waals surface area contributed by atoms with Crippen molar-refractivity contribution in [1.82, 2.24) is 4.31 Å². The van der Waals surface area contributed by atoms with Crippen molar-refractivity contribution < 1.29 is 21.6 Å². The molecular weight excluding hydrogens is 341 g/mol. The van der Waals surface area contributed by atoms with Gasteiger partial charge in [0.15, 0.2) is 4.90 Å². The van der Waals surface area contributed by atoms with Crippen molar-refractivity contribution in [3.05, 3.63) is 29.6 Å². The third-order valence-electron chi connectivity index (χ3n) is 3.84. The molecule has 2 rings (SSSR count). The average Bonchev–Trinajstić information content (AvgIpc) is 2.30. The number of piperidine rings is 1. The van der Waals surface area contributed by atoms with Crippen LogP contribution >= 0.6 is 12.4 Å². The van der Waals surface area contributed by atoms with Gasteiger partial charge >= 0.3 is 0 Å². The van der Waals surface area contributed by atoms with E-state index >= 15 is 0 Å². The van der Waals surface area contributed by atoms with Gasteiger partial charge in [-0.15, -0.1) is 12.4 Å². The van der Waals surface area contributed by atoms with Crippen LogP contribution in [0.25, 0.3) is 0 Å². The lowest BCUT2D eigenvalue weighted by Crippen LogP contribution is -2.54. The average molecular weight is 359 g/mol. The molecule has 0 radical (unpaired) electrons. The van der Waals surface area contributed by atoms with E-state index < -0.39 is 37.8 Å². The molecule has 2 N–H and O–H groups in total. The van der Waals surface area contributed by atoms with Gasteiger partial charge in [-0.1, -0.05) is 13.8 Å². The van der Waals surface area contributed by atoms with E-state index in [1.807, 2.05) is 0 Å². The van der Waals surface area contributed by atoms with E-state index in [4.69, 9.17) is 5.73 Å². The van der Waals surface area contributed by atoms with Crippen molar-refractivity contribution in [2.75, 3.05) is 13.1 Å². The Labute approximate surface area is 133 Å². The van der Waals surface area contributed by atoms with Crippen LogP contribution in [0.4, 0.5) is 13.2 Å². The SMILES string of the molecule is CC1(C)CN(S(=O)(=O)c2c(F)cc(F)cc2F)CCC1N.Cl. The highest BCUT2D eigenvalue weighted by molar-refractivity contribution is 7.89. The zero-order valence-electron chi connectivity index (χ0n) is 12.1. The largest absolute Gasteiger partial charge is 0.327 e. The van der Waals surface area contributed by atoms with Crippen LogP contribution in [-0.2, 0) is 10.0 Å². The van der Waals surface area contributed by atoms with E-state index in [-0.39, 0.29) is 31.5 Å². The molecule has 1 aliphatic rings. The van der Waals surface area contributed by atoms with Gasteiger partial charge in [-0.2, -0.15) is 4.31 Å². The minimum absolute atomic E-state index is 0. The van der Waals surface area contributed by atoms with Crippen LogP contribution in [-0.4, -0.2) is 31.9 Å². The van der Waals surface area contributed by atoms with Gasteiger partial charge in [0.25, 0.3) is 0 Å². The van der Waals surface area contributed by atoms with Gasteiger partial charge in [-0.25, -0.2) is 21.6 Å². The number of nitrogens with two attached hydrogens (primary N) is 1. The minimum Gasteiger partial charge on any atom is -0.327 e. The smallest absolute Gasteiger partial charge is 0.248 e. The topological polar surface area (TPSA) is 63.4 Å². The Hall–Kier alpha value is -0.830. The lowest BCUT2D eigenvalue weighted by Gasteiger charge is -2.41. The van der Waals surface area contributed by atoms with Gasteiger partial charge in [-0.3, -0.25) is 0 Å². The molecule has 0 spiro atoms. The highest BCUT2D eigenvalue weighted by atomic mass is 35.5. The molecule has 1 fully saturated rings. The Bertz CT molecular complexity index is 644. The number of nitrogens with zero attached hydrogens (tertiary/aromatic N) is 1. The molecule has 0 aliphatic carbocycles. The Morgan fingerprint density at radius 1 is 1.23 bits per heavy atom. The van der Waals surface area contributed by atoms with Gasteiger partial charge in [0.05, 0.1) is 0 Å². The second-order valence-corrected chi connectivity index (χ2v) is 7.80. The molecule has 0 aromatic heterocycles. The summed E-state index contributed by atoms with van der Waals surface area (Å²) in [7, 11) is -4.37. The number of benzene rings is 1. The summed E-state index contributed by atoms with van der Waals surface area (Å²) in [5, 5.41) is 0. The fraction of sp³-hybridized carbons (Fsp3) is 0.538. The van der Waals surface area contributed by atoms with Crippen molar-refractivity contribution >= 4 is 22.4 Å². The van der Waals surface area contributed by atoms with E-state index in [1.165, 1.54) is 0 Å². The highest BCUT2D eigenvalue weighted by Gasteiger charge is 2.40. The first-order chi connectivity index (χ1) is 9.55. The summed E-state index contributed by atoms with van der Waals surface area (Å²) in [5.74, 6) is -4.02. The monoisotopic (exact) mass is 358 g/mol. The van der Waals surface area contributed by atoms with Crippen LogP contribution < -0.4 is 5.73 Å². The highest BCUT2D eigenvalue weighted by Crippen LogP contribution is 2.32.